The van der Waals surface area contributed by atoms with Gasteiger partial charge in [-0.1, -0.05) is 12.1 Å². The van der Waals surface area contributed by atoms with Crippen molar-refractivity contribution >= 4 is 17.0 Å². The van der Waals surface area contributed by atoms with Gasteiger partial charge in [-0.3, -0.25) is 0 Å². The summed E-state index contributed by atoms with van der Waals surface area (Å²) in [5, 5.41) is 18.5. The van der Waals surface area contributed by atoms with Gasteiger partial charge in [-0.15, -0.1) is 0 Å². The zero-order valence-electron chi connectivity index (χ0n) is 23.5. The summed E-state index contributed by atoms with van der Waals surface area (Å²) in [5.74, 6) is -4.27. The van der Waals surface area contributed by atoms with E-state index in [2.05, 4.69) is 4.98 Å². The van der Waals surface area contributed by atoms with E-state index in [-0.39, 0.29) is 52.3 Å². The molecule has 0 spiro atoms. The average molecular weight is 600 g/mol. The molecule has 5 aromatic rings. The smallest absolute Gasteiger partial charge is 0.335 e. The number of imidazole rings is 1. The molecule has 0 saturated heterocycles. The maximum Gasteiger partial charge on any atom is 0.335 e. The highest BCUT2D eigenvalue weighted by atomic mass is 19.1. The minimum Gasteiger partial charge on any atom is -0.478 e. The van der Waals surface area contributed by atoms with E-state index >= 15 is 8.78 Å². The van der Waals surface area contributed by atoms with E-state index in [4.69, 9.17) is 19.5 Å². The Balaban J connectivity index is 1.35. The Morgan fingerprint density at radius 1 is 1.05 bits per heavy atom. The molecule has 1 aromatic heterocycles. The highest BCUT2D eigenvalue weighted by Gasteiger charge is 2.42. The van der Waals surface area contributed by atoms with Crippen LogP contribution in [-0.2, 0) is 23.5 Å². The van der Waals surface area contributed by atoms with E-state index < -0.39 is 29.2 Å². The van der Waals surface area contributed by atoms with Crippen molar-refractivity contribution < 1.29 is 37.3 Å². The van der Waals surface area contributed by atoms with Gasteiger partial charge < -0.3 is 23.9 Å². The number of ether oxygens (including phenoxy) is 3. The Labute approximate surface area is 249 Å². The molecule has 1 atom stereocenters. The number of aromatic carboxylic acids is 1. The number of fused-ring (bicyclic) bond motifs is 2. The number of benzene rings is 4. The van der Waals surface area contributed by atoms with Gasteiger partial charge in [0, 0.05) is 38.1 Å². The first-order valence-electron chi connectivity index (χ1n) is 13.5. The number of nitriles is 1. The molecule has 1 aliphatic rings. The summed E-state index contributed by atoms with van der Waals surface area (Å²) in [6.07, 6.45) is -0.207. The van der Waals surface area contributed by atoms with Crippen molar-refractivity contribution in [3.05, 3.63) is 112 Å². The van der Waals surface area contributed by atoms with E-state index in [1.54, 1.807) is 28.8 Å². The van der Waals surface area contributed by atoms with Crippen LogP contribution in [0.4, 0.5) is 13.2 Å². The van der Waals surface area contributed by atoms with Crippen molar-refractivity contribution in [2.45, 2.75) is 25.7 Å². The Morgan fingerprint density at radius 2 is 1.82 bits per heavy atom. The van der Waals surface area contributed by atoms with E-state index in [9.17, 15) is 14.3 Å². The molecule has 1 unspecified atom stereocenters. The van der Waals surface area contributed by atoms with Crippen molar-refractivity contribution in [1.82, 2.24) is 9.55 Å². The van der Waals surface area contributed by atoms with Crippen LogP contribution in [0.2, 0.25) is 0 Å². The van der Waals surface area contributed by atoms with Gasteiger partial charge in [0.2, 0.25) is 0 Å². The number of rotatable bonds is 8. The van der Waals surface area contributed by atoms with Gasteiger partial charge >= 0.3 is 5.97 Å². The maximum atomic E-state index is 15.7. The molecular formula is C33H24F3N3O5. The Kier molecular flexibility index (Phi) is 7.23. The number of carboxylic acid groups (broad SMARTS) is 1. The third-order valence-electron chi connectivity index (χ3n) is 7.55. The lowest BCUT2D eigenvalue weighted by atomic mass is 10.00. The van der Waals surface area contributed by atoms with Crippen LogP contribution in [-0.4, -0.2) is 34.3 Å². The molecule has 0 amide bonds. The van der Waals surface area contributed by atoms with E-state index in [0.29, 0.717) is 29.0 Å². The van der Waals surface area contributed by atoms with Crippen molar-refractivity contribution in [2.75, 3.05) is 13.7 Å². The van der Waals surface area contributed by atoms with Crippen LogP contribution in [0.1, 0.15) is 39.8 Å². The molecular weight excluding hydrogens is 575 g/mol. The van der Waals surface area contributed by atoms with Crippen LogP contribution in [0.3, 0.4) is 0 Å². The quantitative estimate of drug-likeness (QED) is 0.215. The van der Waals surface area contributed by atoms with Gasteiger partial charge in [-0.25, -0.2) is 22.9 Å². The largest absolute Gasteiger partial charge is 0.478 e. The number of para-hydroxylation sites is 1. The molecule has 2 heterocycles. The normalized spacial score (nSPS) is 15.5. The number of nitrogens with zero attached hydrogens (tertiary/aromatic N) is 3. The van der Waals surface area contributed by atoms with E-state index in [0.717, 1.165) is 6.07 Å². The van der Waals surface area contributed by atoms with Crippen LogP contribution >= 0.6 is 0 Å². The molecule has 1 N–H and O–H groups in total. The molecule has 4 aromatic carbocycles. The summed E-state index contributed by atoms with van der Waals surface area (Å²) in [5.41, 5.74) is 1.52. The molecule has 8 nitrogen and oxygen atoms in total. The van der Waals surface area contributed by atoms with Gasteiger partial charge in [-0.2, -0.15) is 5.26 Å². The predicted octanol–water partition coefficient (Wildman–Crippen LogP) is 6.57. The van der Waals surface area contributed by atoms with Crippen molar-refractivity contribution in [1.29, 1.82) is 5.26 Å². The molecule has 0 fully saturated rings. The molecule has 0 bridgehead atoms. The van der Waals surface area contributed by atoms with Crippen LogP contribution in [0.5, 0.6) is 11.5 Å². The van der Waals surface area contributed by atoms with Crippen LogP contribution in [0.15, 0.2) is 66.7 Å². The van der Waals surface area contributed by atoms with Crippen molar-refractivity contribution in [3.8, 4) is 28.7 Å². The Morgan fingerprint density at radius 3 is 2.50 bits per heavy atom. The molecule has 222 valence electrons. The number of carboxylic acids is 1. The van der Waals surface area contributed by atoms with Crippen LogP contribution in [0.25, 0.3) is 22.2 Å². The van der Waals surface area contributed by atoms with Gasteiger partial charge in [0.05, 0.1) is 40.4 Å². The predicted molar refractivity (Wildman–Crippen MR) is 153 cm³/mol. The zero-order valence-corrected chi connectivity index (χ0v) is 23.5. The third-order valence-corrected chi connectivity index (χ3v) is 7.55. The summed E-state index contributed by atoms with van der Waals surface area (Å²) in [7, 11) is 1.51. The van der Waals surface area contributed by atoms with Gasteiger partial charge in [0.15, 0.2) is 11.5 Å². The van der Waals surface area contributed by atoms with E-state index in [1.165, 1.54) is 50.4 Å². The molecule has 6 rings (SSSR count). The molecule has 11 heteroatoms. The summed E-state index contributed by atoms with van der Waals surface area (Å²) < 4.78 is 65.1. The number of carbonyl (C=O) groups is 1. The minimum absolute atomic E-state index is 0.0539. The van der Waals surface area contributed by atoms with Crippen molar-refractivity contribution in [2.24, 2.45) is 0 Å². The highest BCUT2D eigenvalue weighted by Crippen LogP contribution is 2.49. The molecule has 44 heavy (non-hydrogen) atoms. The van der Waals surface area contributed by atoms with E-state index in [1.807, 2.05) is 6.07 Å². The Bertz CT molecular complexity index is 1980. The molecule has 0 radical (unpaired) electrons. The number of aromatic nitrogens is 2. The summed E-state index contributed by atoms with van der Waals surface area (Å²) >= 11 is 0. The number of halogens is 3. The highest BCUT2D eigenvalue weighted by molar-refractivity contribution is 5.92. The molecule has 0 saturated carbocycles. The van der Waals surface area contributed by atoms with Gasteiger partial charge in [-0.05, 0) is 60.2 Å². The third kappa shape index (κ3) is 4.99. The Hall–Kier alpha value is -5.34. The monoisotopic (exact) mass is 599 g/mol. The molecule has 1 aliphatic heterocycles. The summed E-state index contributed by atoms with van der Waals surface area (Å²) in [6, 6.07) is 17.4. The first-order chi connectivity index (χ1) is 21.1. The van der Waals surface area contributed by atoms with Crippen LogP contribution in [0, 0.1) is 28.8 Å². The molecule has 0 aliphatic carbocycles. The van der Waals surface area contributed by atoms with Gasteiger partial charge in [0.1, 0.15) is 23.3 Å². The fourth-order valence-corrected chi connectivity index (χ4v) is 5.38. The standard InChI is InChI=1S/C33H24F3N3O5/c1-33(23-8-6-18(17-37)12-26(23)36)43-29-5-3-4-21(31(29)44-33)20-13-24(34)22(25(35)14-20)16-30-38-27-9-7-19(32(40)41)15-28(27)39(30)10-11-42-2/h3-9,12-15H,10-11,16H2,1-2H3,(H,40,41). The first kappa shape index (κ1) is 28.8. The lowest BCUT2D eigenvalue weighted by Crippen LogP contribution is -2.32. The van der Waals surface area contributed by atoms with Gasteiger partial charge in [0.25, 0.3) is 5.79 Å². The van der Waals surface area contributed by atoms with Crippen molar-refractivity contribution in [3.63, 3.8) is 0 Å². The first-order valence-corrected chi connectivity index (χ1v) is 13.5. The number of hydrogen-bond donors (Lipinski definition) is 1. The fourth-order valence-electron chi connectivity index (χ4n) is 5.38. The summed E-state index contributed by atoms with van der Waals surface area (Å²) in [4.78, 5) is 16.1. The lowest BCUT2D eigenvalue weighted by molar-refractivity contribution is -0.0705. The average Bonchev–Trinajstić information content (AvgIpc) is 3.53. The number of methoxy groups -OCH3 is 1. The second kappa shape index (κ2) is 11.1. The number of hydrogen-bond acceptors (Lipinski definition) is 6. The zero-order chi connectivity index (χ0) is 31.2. The second-order valence-electron chi connectivity index (χ2n) is 10.4. The topological polar surface area (TPSA) is 107 Å². The SMILES string of the molecule is COCCn1c(Cc2c(F)cc(-c3cccc4c3OC(C)(c3ccc(C#N)cc3F)O4)cc2F)nc2ccc(C(=O)O)cc21. The maximum absolute atomic E-state index is 15.7. The second-order valence-corrected chi connectivity index (χ2v) is 10.4. The minimum atomic E-state index is -1.59. The fraction of sp³-hybridized carbons (Fsp3) is 0.182. The summed E-state index contributed by atoms with van der Waals surface area (Å²) in [6.45, 7) is 2.07. The lowest BCUT2D eigenvalue weighted by Gasteiger charge is -2.24. The van der Waals surface area contributed by atoms with Crippen LogP contribution < -0.4 is 9.47 Å².